The number of H-pyrrole nitrogens is 1. The molecule has 25 heavy (non-hydrogen) atoms. The number of aliphatic imine (C=N–C) groups is 1. The third kappa shape index (κ3) is 5.57. The van der Waals surface area contributed by atoms with Crippen LogP contribution in [0.4, 0.5) is 4.39 Å². The zero-order valence-electron chi connectivity index (χ0n) is 14.5. The minimum Gasteiger partial charge on any atom is -0.376 e. The van der Waals surface area contributed by atoms with E-state index in [0.29, 0.717) is 6.54 Å². The molecule has 1 atom stereocenters. The van der Waals surface area contributed by atoms with Crippen molar-refractivity contribution < 1.29 is 9.13 Å². The third-order valence-corrected chi connectivity index (χ3v) is 4.24. The first-order valence-electron chi connectivity index (χ1n) is 8.65. The average Bonchev–Trinajstić information content (AvgIpc) is 3.22. The van der Waals surface area contributed by atoms with Crippen molar-refractivity contribution in [3.8, 4) is 0 Å². The minimum atomic E-state index is -0.218. The van der Waals surface area contributed by atoms with Gasteiger partial charge in [0.05, 0.1) is 12.6 Å². The molecule has 138 valence electrons. The first kappa shape index (κ1) is 20.0. The van der Waals surface area contributed by atoms with Crippen molar-refractivity contribution in [2.45, 2.75) is 32.3 Å². The summed E-state index contributed by atoms with van der Waals surface area (Å²) in [4.78, 5) is 7.72. The van der Waals surface area contributed by atoms with Crippen LogP contribution in [0.5, 0.6) is 0 Å². The topological polar surface area (TPSA) is 61.4 Å². The molecule has 1 aliphatic rings. The number of halogens is 2. The molecule has 1 aliphatic heterocycles. The van der Waals surface area contributed by atoms with Crippen molar-refractivity contribution in [1.82, 2.24) is 15.6 Å². The Bertz CT molecular complexity index is 697. The molecule has 2 aromatic rings. The van der Waals surface area contributed by atoms with Gasteiger partial charge in [-0.1, -0.05) is 0 Å². The number of rotatable bonds is 6. The summed E-state index contributed by atoms with van der Waals surface area (Å²) in [7, 11) is 0. The molecule has 7 heteroatoms. The second-order valence-corrected chi connectivity index (χ2v) is 6.04. The van der Waals surface area contributed by atoms with Gasteiger partial charge in [0.1, 0.15) is 5.82 Å². The Kier molecular flexibility index (Phi) is 7.95. The highest BCUT2D eigenvalue weighted by atomic mass is 127. The summed E-state index contributed by atoms with van der Waals surface area (Å²) in [5.74, 6) is 0.601. The minimum absolute atomic E-state index is 0. The van der Waals surface area contributed by atoms with Gasteiger partial charge in [-0.05, 0) is 49.9 Å². The lowest BCUT2D eigenvalue weighted by Crippen LogP contribution is -2.38. The van der Waals surface area contributed by atoms with E-state index in [-0.39, 0.29) is 35.9 Å². The van der Waals surface area contributed by atoms with Crippen molar-refractivity contribution in [2.24, 2.45) is 4.99 Å². The van der Waals surface area contributed by atoms with Crippen molar-refractivity contribution in [2.75, 3.05) is 26.2 Å². The summed E-state index contributed by atoms with van der Waals surface area (Å²) in [6, 6.07) is 4.85. The third-order valence-electron chi connectivity index (χ3n) is 4.24. The number of guanidine groups is 1. The molecule has 1 fully saturated rings. The van der Waals surface area contributed by atoms with Gasteiger partial charge in [0.2, 0.25) is 0 Å². The first-order valence-corrected chi connectivity index (χ1v) is 8.65. The Morgan fingerprint density at radius 3 is 3.04 bits per heavy atom. The number of aromatic amines is 1. The molecule has 1 saturated heterocycles. The van der Waals surface area contributed by atoms with Crippen LogP contribution in [-0.2, 0) is 11.2 Å². The van der Waals surface area contributed by atoms with Gasteiger partial charge in [-0.15, -0.1) is 24.0 Å². The van der Waals surface area contributed by atoms with E-state index in [2.05, 4.69) is 27.5 Å². The van der Waals surface area contributed by atoms with Crippen LogP contribution >= 0.6 is 24.0 Å². The van der Waals surface area contributed by atoms with Gasteiger partial charge in [0, 0.05) is 36.8 Å². The molecule has 5 nitrogen and oxygen atoms in total. The predicted octanol–water partition coefficient (Wildman–Crippen LogP) is 3.20. The van der Waals surface area contributed by atoms with E-state index in [0.717, 1.165) is 55.8 Å². The van der Waals surface area contributed by atoms with E-state index < -0.39 is 0 Å². The Morgan fingerprint density at radius 2 is 2.28 bits per heavy atom. The predicted molar refractivity (Wildman–Crippen MR) is 110 cm³/mol. The molecular formula is C18H26FIN4O. The maximum Gasteiger partial charge on any atom is 0.191 e. The molecule has 1 aromatic heterocycles. The molecule has 3 rings (SSSR count). The molecule has 1 unspecified atom stereocenters. The Balaban J connectivity index is 0.00000225. The highest BCUT2D eigenvalue weighted by Crippen LogP contribution is 2.19. The van der Waals surface area contributed by atoms with Crippen LogP contribution in [0, 0.1) is 5.82 Å². The second-order valence-electron chi connectivity index (χ2n) is 6.04. The lowest BCUT2D eigenvalue weighted by molar-refractivity contribution is 0.117. The number of ether oxygens (including phenoxy) is 1. The van der Waals surface area contributed by atoms with Crippen molar-refractivity contribution in [3.63, 3.8) is 0 Å². The van der Waals surface area contributed by atoms with Gasteiger partial charge in [0.25, 0.3) is 0 Å². The maximum absolute atomic E-state index is 13.2. The van der Waals surface area contributed by atoms with Crippen molar-refractivity contribution in [1.29, 1.82) is 0 Å². The van der Waals surface area contributed by atoms with Crippen LogP contribution in [0.25, 0.3) is 10.9 Å². The molecule has 0 aliphatic carbocycles. The molecule has 0 radical (unpaired) electrons. The van der Waals surface area contributed by atoms with Crippen molar-refractivity contribution >= 4 is 40.8 Å². The number of aromatic nitrogens is 1. The molecular weight excluding hydrogens is 434 g/mol. The van der Waals surface area contributed by atoms with Crippen LogP contribution < -0.4 is 10.6 Å². The molecule has 0 spiro atoms. The van der Waals surface area contributed by atoms with Gasteiger partial charge in [-0.2, -0.15) is 0 Å². The summed E-state index contributed by atoms with van der Waals surface area (Å²) in [6.45, 7) is 5.19. The molecule has 1 aromatic carbocycles. The maximum atomic E-state index is 13.2. The van der Waals surface area contributed by atoms with Gasteiger partial charge in [0.15, 0.2) is 5.96 Å². The summed E-state index contributed by atoms with van der Waals surface area (Å²) in [5.41, 5.74) is 2.01. The smallest absolute Gasteiger partial charge is 0.191 e. The lowest BCUT2D eigenvalue weighted by Gasteiger charge is -2.12. The number of nitrogens with one attached hydrogen (secondary N) is 3. The number of hydrogen-bond acceptors (Lipinski definition) is 2. The molecule has 0 bridgehead atoms. The number of benzene rings is 1. The summed E-state index contributed by atoms with van der Waals surface area (Å²) in [5, 5.41) is 7.68. The summed E-state index contributed by atoms with van der Waals surface area (Å²) in [6.07, 6.45) is 5.27. The number of hydrogen-bond donors (Lipinski definition) is 3. The molecule has 3 N–H and O–H groups in total. The van der Waals surface area contributed by atoms with Crippen LogP contribution in [0.1, 0.15) is 25.3 Å². The lowest BCUT2D eigenvalue weighted by atomic mass is 10.1. The molecule has 0 saturated carbocycles. The Labute approximate surface area is 164 Å². The van der Waals surface area contributed by atoms with E-state index in [1.54, 1.807) is 0 Å². The normalized spacial score (nSPS) is 17.5. The Hall–Kier alpha value is -1.35. The van der Waals surface area contributed by atoms with Gasteiger partial charge in [-0.25, -0.2) is 4.39 Å². The van der Waals surface area contributed by atoms with E-state index in [9.17, 15) is 4.39 Å². The first-order chi connectivity index (χ1) is 11.8. The number of nitrogens with zero attached hydrogens (tertiary/aromatic N) is 1. The highest BCUT2D eigenvalue weighted by molar-refractivity contribution is 14.0. The Morgan fingerprint density at radius 1 is 1.40 bits per heavy atom. The number of fused-ring (bicyclic) bond motifs is 1. The highest BCUT2D eigenvalue weighted by Gasteiger charge is 2.14. The average molecular weight is 460 g/mol. The van der Waals surface area contributed by atoms with E-state index in [1.165, 1.54) is 17.7 Å². The van der Waals surface area contributed by atoms with Gasteiger partial charge in [-0.3, -0.25) is 4.99 Å². The van der Waals surface area contributed by atoms with Crippen LogP contribution in [-0.4, -0.2) is 43.3 Å². The van der Waals surface area contributed by atoms with Crippen LogP contribution in [0.15, 0.2) is 29.4 Å². The molecule has 0 amide bonds. The quantitative estimate of drug-likeness (QED) is 0.353. The van der Waals surface area contributed by atoms with Crippen LogP contribution in [0.3, 0.4) is 0 Å². The SMILES string of the molecule is CCNC(=NCC1CCCO1)NCCc1c[nH]c2cc(F)ccc12.I. The molecule has 2 heterocycles. The zero-order chi connectivity index (χ0) is 16.8. The zero-order valence-corrected chi connectivity index (χ0v) is 16.8. The van der Waals surface area contributed by atoms with Gasteiger partial charge < -0.3 is 20.4 Å². The fourth-order valence-corrected chi connectivity index (χ4v) is 3.00. The fraction of sp³-hybridized carbons (Fsp3) is 0.500. The van der Waals surface area contributed by atoms with Gasteiger partial charge >= 0.3 is 0 Å². The fourth-order valence-electron chi connectivity index (χ4n) is 3.00. The van der Waals surface area contributed by atoms with Crippen molar-refractivity contribution in [3.05, 3.63) is 35.8 Å². The van der Waals surface area contributed by atoms with Crippen LogP contribution in [0.2, 0.25) is 0 Å². The summed E-state index contributed by atoms with van der Waals surface area (Å²) >= 11 is 0. The second kappa shape index (κ2) is 9.96. The monoisotopic (exact) mass is 460 g/mol. The van der Waals surface area contributed by atoms with E-state index >= 15 is 0 Å². The standard InChI is InChI=1S/C18H25FN4O.HI/c1-2-20-18(23-12-15-4-3-9-24-15)21-8-7-13-11-22-17-10-14(19)5-6-16(13)17;/h5-6,10-11,15,22H,2-4,7-9,12H2,1H3,(H2,20,21,23);1H. The van der Waals surface area contributed by atoms with E-state index in [1.807, 2.05) is 12.3 Å². The summed E-state index contributed by atoms with van der Waals surface area (Å²) < 4.78 is 18.8. The largest absolute Gasteiger partial charge is 0.376 e. The van der Waals surface area contributed by atoms with E-state index in [4.69, 9.17) is 4.74 Å².